The van der Waals surface area contributed by atoms with Gasteiger partial charge in [-0.2, -0.15) is 4.98 Å². The minimum Gasteiger partial charge on any atom is -0.496 e. The van der Waals surface area contributed by atoms with Crippen LogP contribution in [-0.2, 0) is 0 Å². The van der Waals surface area contributed by atoms with Crippen molar-refractivity contribution in [2.45, 2.75) is 26.7 Å². The van der Waals surface area contributed by atoms with Gasteiger partial charge < -0.3 is 4.74 Å². The Morgan fingerprint density at radius 3 is 2.72 bits per heavy atom. The van der Waals surface area contributed by atoms with E-state index in [2.05, 4.69) is 39.3 Å². The van der Waals surface area contributed by atoms with Gasteiger partial charge in [-0.25, -0.2) is 4.98 Å². The number of methoxy groups -OCH3 is 1. The number of rotatable bonds is 5. The van der Waals surface area contributed by atoms with Crippen molar-refractivity contribution in [3.63, 3.8) is 0 Å². The molecule has 2 heterocycles. The molecule has 0 bridgehead atoms. The van der Waals surface area contributed by atoms with Crippen LogP contribution in [0.3, 0.4) is 0 Å². The molecule has 0 aliphatic heterocycles. The van der Waals surface area contributed by atoms with E-state index in [4.69, 9.17) is 4.74 Å². The Morgan fingerprint density at radius 2 is 2.04 bits per heavy atom. The van der Waals surface area contributed by atoms with Gasteiger partial charge in [0.1, 0.15) is 10.6 Å². The Morgan fingerprint density at radius 1 is 1.28 bits per heavy atom. The van der Waals surface area contributed by atoms with E-state index in [1.165, 1.54) is 11.3 Å². The second kappa shape index (κ2) is 7.02. The first-order chi connectivity index (χ1) is 12.0. The van der Waals surface area contributed by atoms with Crippen LogP contribution in [0, 0.1) is 6.92 Å². The number of carbonyl (C=O) groups excluding carboxylic acids is 1. The normalized spacial score (nSPS) is 10.9. The lowest BCUT2D eigenvalue weighted by molar-refractivity contribution is 0.102. The van der Waals surface area contributed by atoms with Crippen LogP contribution in [0.4, 0.5) is 5.95 Å². The molecule has 7 nitrogen and oxygen atoms in total. The minimum absolute atomic E-state index is 0.213. The predicted molar refractivity (Wildman–Crippen MR) is 97.3 cm³/mol. The van der Waals surface area contributed by atoms with E-state index in [-0.39, 0.29) is 17.8 Å². The second-order valence-corrected chi connectivity index (χ2v) is 6.81. The number of aryl methyl sites for hydroxylation is 1. The molecule has 130 valence electrons. The van der Waals surface area contributed by atoms with Crippen molar-refractivity contribution in [2.24, 2.45) is 0 Å². The smallest absolute Gasteiger partial charge is 0.270 e. The van der Waals surface area contributed by atoms with E-state index in [0.717, 1.165) is 10.6 Å². The van der Waals surface area contributed by atoms with Crippen molar-refractivity contribution in [3.05, 3.63) is 39.8 Å². The topological polar surface area (TPSA) is 92.8 Å². The zero-order valence-electron chi connectivity index (χ0n) is 14.5. The highest BCUT2D eigenvalue weighted by atomic mass is 32.1. The number of ether oxygens (including phenoxy) is 1. The van der Waals surface area contributed by atoms with Crippen molar-refractivity contribution < 1.29 is 9.53 Å². The quantitative estimate of drug-likeness (QED) is 0.727. The number of amides is 1. The molecule has 0 saturated carbocycles. The molecular weight excluding hydrogens is 338 g/mol. The maximum atomic E-state index is 12.5. The second-order valence-electron chi connectivity index (χ2n) is 5.78. The van der Waals surface area contributed by atoms with Gasteiger partial charge in [-0.05, 0) is 19.1 Å². The molecular formula is C17H19N5O2S. The van der Waals surface area contributed by atoms with Crippen LogP contribution in [-0.4, -0.2) is 33.2 Å². The monoisotopic (exact) mass is 357 g/mol. The van der Waals surface area contributed by atoms with Gasteiger partial charge in [-0.15, -0.1) is 16.4 Å². The Balaban J connectivity index is 1.81. The fourth-order valence-corrected chi connectivity index (χ4v) is 3.28. The average molecular weight is 357 g/mol. The molecule has 0 radical (unpaired) electrons. The van der Waals surface area contributed by atoms with Gasteiger partial charge in [0.05, 0.1) is 23.4 Å². The van der Waals surface area contributed by atoms with Gasteiger partial charge in [0.25, 0.3) is 5.91 Å². The first kappa shape index (κ1) is 17.1. The molecule has 2 N–H and O–H groups in total. The highest BCUT2D eigenvalue weighted by molar-refractivity contribution is 7.14. The molecule has 1 amide bonds. The number of H-pyrrole nitrogens is 1. The Bertz CT molecular complexity index is 900. The van der Waals surface area contributed by atoms with Crippen molar-refractivity contribution in [2.75, 3.05) is 12.4 Å². The first-order valence-electron chi connectivity index (χ1n) is 7.84. The third-order valence-electron chi connectivity index (χ3n) is 3.59. The Kier molecular flexibility index (Phi) is 4.80. The fourth-order valence-electron chi connectivity index (χ4n) is 2.31. The number of para-hydroxylation sites is 1. The first-order valence-corrected chi connectivity index (χ1v) is 8.65. The van der Waals surface area contributed by atoms with Crippen LogP contribution in [0.5, 0.6) is 5.75 Å². The number of aromatic amines is 1. The highest BCUT2D eigenvalue weighted by Crippen LogP contribution is 2.28. The molecule has 3 rings (SSSR count). The van der Waals surface area contributed by atoms with Gasteiger partial charge in [0.2, 0.25) is 5.95 Å². The maximum absolute atomic E-state index is 12.5. The zero-order valence-corrected chi connectivity index (χ0v) is 15.3. The number of benzene rings is 1. The van der Waals surface area contributed by atoms with E-state index >= 15 is 0 Å². The van der Waals surface area contributed by atoms with Gasteiger partial charge in [-0.1, -0.05) is 26.0 Å². The molecule has 0 saturated heterocycles. The molecule has 0 atom stereocenters. The van der Waals surface area contributed by atoms with E-state index in [9.17, 15) is 4.79 Å². The summed E-state index contributed by atoms with van der Waals surface area (Å²) in [5.74, 6) is 1.44. The van der Waals surface area contributed by atoms with Gasteiger partial charge in [-0.3, -0.25) is 15.2 Å². The summed E-state index contributed by atoms with van der Waals surface area (Å²) in [6, 6.07) is 7.46. The SMILES string of the molecule is COc1ccccc1-c1nc(NC(=O)c2sc(C(C)C)nc2C)n[nH]1. The summed E-state index contributed by atoms with van der Waals surface area (Å²) in [5.41, 5.74) is 1.49. The highest BCUT2D eigenvalue weighted by Gasteiger charge is 2.19. The molecule has 0 spiro atoms. The molecule has 0 aliphatic rings. The van der Waals surface area contributed by atoms with E-state index in [1.807, 2.05) is 31.2 Å². The van der Waals surface area contributed by atoms with Crippen molar-refractivity contribution in [3.8, 4) is 17.1 Å². The lowest BCUT2D eigenvalue weighted by Crippen LogP contribution is -2.12. The average Bonchev–Trinajstić information content (AvgIpc) is 3.21. The van der Waals surface area contributed by atoms with Crippen LogP contribution in [0.25, 0.3) is 11.4 Å². The summed E-state index contributed by atoms with van der Waals surface area (Å²) in [6.07, 6.45) is 0. The molecule has 0 unspecified atom stereocenters. The molecule has 1 aromatic carbocycles. The molecule has 0 aliphatic carbocycles. The van der Waals surface area contributed by atoms with Crippen molar-refractivity contribution >= 4 is 23.2 Å². The number of hydrogen-bond donors (Lipinski definition) is 2. The number of nitrogens with one attached hydrogen (secondary N) is 2. The van der Waals surface area contributed by atoms with Gasteiger partial charge in [0.15, 0.2) is 5.82 Å². The third kappa shape index (κ3) is 3.53. The number of hydrogen-bond acceptors (Lipinski definition) is 6. The van der Waals surface area contributed by atoms with E-state index in [0.29, 0.717) is 22.1 Å². The molecule has 25 heavy (non-hydrogen) atoms. The fraction of sp³-hybridized carbons (Fsp3) is 0.294. The van der Waals surface area contributed by atoms with Crippen molar-refractivity contribution in [1.82, 2.24) is 20.2 Å². The summed E-state index contributed by atoms with van der Waals surface area (Å²) in [6.45, 7) is 5.93. The van der Waals surface area contributed by atoms with Crippen LogP contribution in [0.1, 0.15) is 40.1 Å². The Hall–Kier alpha value is -2.74. The summed E-state index contributed by atoms with van der Waals surface area (Å²) >= 11 is 1.40. The van der Waals surface area contributed by atoms with Crippen LogP contribution in [0.2, 0.25) is 0 Å². The molecule has 2 aromatic heterocycles. The predicted octanol–water partition coefficient (Wildman–Crippen LogP) is 3.62. The lowest BCUT2D eigenvalue weighted by atomic mass is 10.2. The van der Waals surface area contributed by atoms with Crippen molar-refractivity contribution in [1.29, 1.82) is 0 Å². The lowest BCUT2D eigenvalue weighted by Gasteiger charge is -2.04. The molecule has 8 heteroatoms. The number of anilines is 1. The number of carbonyl (C=O) groups is 1. The molecule has 0 fully saturated rings. The Labute approximate surface area is 149 Å². The maximum Gasteiger partial charge on any atom is 0.270 e. The largest absolute Gasteiger partial charge is 0.496 e. The summed E-state index contributed by atoms with van der Waals surface area (Å²) in [7, 11) is 1.59. The molecule has 3 aromatic rings. The third-order valence-corrected chi connectivity index (χ3v) is 5.04. The minimum atomic E-state index is -0.257. The van der Waals surface area contributed by atoms with Crippen LogP contribution >= 0.6 is 11.3 Å². The van der Waals surface area contributed by atoms with Gasteiger partial charge >= 0.3 is 0 Å². The number of thiazole rings is 1. The van der Waals surface area contributed by atoms with E-state index in [1.54, 1.807) is 7.11 Å². The number of nitrogens with zero attached hydrogens (tertiary/aromatic N) is 3. The van der Waals surface area contributed by atoms with E-state index < -0.39 is 0 Å². The van der Waals surface area contributed by atoms with Crippen LogP contribution < -0.4 is 10.1 Å². The summed E-state index contributed by atoms with van der Waals surface area (Å²) in [5, 5.41) is 10.5. The zero-order chi connectivity index (χ0) is 18.0. The van der Waals surface area contributed by atoms with Gasteiger partial charge in [0, 0.05) is 5.92 Å². The standard InChI is InChI=1S/C17H19N5O2S/c1-9(2)16-18-10(3)13(25-16)15(23)20-17-19-14(21-22-17)11-7-5-6-8-12(11)24-4/h5-9H,1-4H3,(H2,19,20,21,22,23). The van der Waals surface area contributed by atoms with Crippen LogP contribution in [0.15, 0.2) is 24.3 Å². The summed E-state index contributed by atoms with van der Waals surface area (Å²) < 4.78 is 5.32. The number of aromatic nitrogens is 4. The summed E-state index contributed by atoms with van der Waals surface area (Å²) in [4.78, 5) is 21.8.